The van der Waals surface area contributed by atoms with Crippen molar-refractivity contribution in [1.82, 2.24) is 4.90 Å². The zero-order chi connectivity index (χ0) is 16.3. The number of nitrogens with zero attached hydrogens (tertiary/aromatic N) is 1. The number of carbonyl (C=O) groups excluding carboxylic acids is 2. The van der Waals surface area contributed by atoms with Crippen LogP contribution in [0.1, 0.15) is 52.0 Å². The standard InChI is InChI=1S/C18H26N2O2/c1-5-13(4)14-6-8-16(9-7-14)19-18(22)15-10-17(21)20(11-15)12(2)3/h6-9,12-13,15H,5,10-11H2,1-4H3,(H,19,22)/t13-,15-/m0/s1. The van der Waals surface area contributed by atoms with Gasteiger partial charge in [-0.2, -0.15) is 0 Å². The summed E-state index contributed by atoms with van der Waals surface area (Å²) >= 11 is 0. The molecule has 4 heteroatoms. The summed E-state index contributed by atoms with van der Waals surface area (Å²) in [6.45, 7) is 8.83. The average Bonchev–Trinajstić information content (AvgIpc) is 2.89. The SMILES string of the molecule is CC[C@H](C)c1ccc(NC(=O)[C@H]2CC(=O)N(C(C)C)C2)cc1. The second kappa shape index (κ2) is 6.95. The summed E-state index contributed by atoms with van der Waals surface area (Å²) in [5.41, 5.74) is 2.08. The van der Waals surface area contributed by atoms with Gasteiger partial charge in [0, 0.05) is 24.7 Å². The first-order valence-electron chi connectivity index (χ1n) is 8.12. The fourth-order valence-electron chi connectivity index (χ4n) is 2.78. The van der Waals surface area contributed by atoms with E-state index in [-0.39, 0.29) is 23.8 Å². The van der Waals surface area contributed by atoms with E-state index in [1.165, 1.54) is 5.56 Å². The molecule has 1 aliphatic rings. The van der Waals surface area contributed by atoms with Gasteiger partial charge in [0.25, 0.3) is 0 Å². The van der Waals surface area contributed by atoms with Crippen molar-refractivity contribution in [3.63, 3.8) is 0 Å². The number of rotatable bonds is 5. The largest absolute Gasteiger partial charge is 0.339 e. The zero-order valence-electron chi connectivity index (χ0n) is 13.9. The van der Waals surface area contributed by atoms with Crippen molar-refractivity contribution in [3.8, 4) is 0 Å². The van der Waals surface area contributed by atoms with E-state index in [2.05, 4.69) is 31.3 Å². The number of benzene rings is 1. The van der Waals surface area contributed by atoms with E-state index in [0.29, 0.717) is 18.9 Å². The Bertz CT molecular complexity index is 537. The van der Waals surface area contributed by atoms with E-state index in [1.807, 2.05) is 26.0 Å². The van der Waals surface area contributed by atoms with Gasteiger partial charge in [0.2, 0.25) is 11.8 Å². The van der Waals surface area contributed by atoms with Crippen LogP contribution in [-0.4, -0.2) is 29.3 Å². The van der Waals surface area contributed by atoms with Crippen LogP contribution in [0, 0.1) is 5.92 Å². The van der Waals surface area contributed by atoms with Crippen LogP contribution in [0.5, 0.6) is 0 Å². The fourth-order valence-corrected chi connectivity index (χ4v) is 2.78. The van der Waals surface area contributed by atoms with E-state index in [9.17, 15) is 9.59 Å². The topological polar surface area (TPSA) is 49.4 Å². The Kier molecular flexibility index (Phi) is 5.22. The molecule has 1 saturated heterocycles. The van der Waals surface area contributed by atoms with E-state index in [0.717, 1.165) is 12.1 Å². The van der Waals surface area contributed by atoms with Gasteiger partial charge >= 0.3 is 0 Å². The number of anilines is 1. The number of hydrogen-bond acceptors (Lipinski definition) is 2. The minimum absolute atomic E-state index is 0.0622. The van der Waals surface area contributed by atoms with Gasteiger partial charge in [0.1, 0.15) is 0 Å². The van der Waals surface area contributed by atoms with Crippen molar-refractivity contribution in [3.05, 3.63) is 29.8 Å². The van der Waals surface area contributed by atoms with Gasteiger partial charge in [-0.3, -0.25) is 9.59 Å². The second-order valence-corrected chi connectivity index (χ2v) is 6.46. The lowest BCUT2D eigenvalue weighted by atomic mass is 9.98. The highest BCUT2D eigenvalue weighted by atomic mass is 16.2. The van der Waals surface area contributed by atoms with Crippen molar-refractivity contribution < 1.29 is 9.59 Å². The number of nitrogens with one attached hydrogen (secondary N) is 1. The molecule has 0 bridgehead atoms. The molecule has 1 aromatic rings. The molecule has 1 aromatic carbocycles. The van der Waals surface area contributed by atoms with Gasteiger partial charge in [-0.15, -0.1) is 0 Å². The highest BCUT2D eigenvalue weighted by Gasteiger charge is 2.35. The van der Waals surface area contributed by atoms with E-state index in [4.69, 9.17) is 0 Å². The molecule has 2 rings (SSSR count). The number of likely N-dealkylation sites (tertiary alicyclic amines) is 1. The summed E-state index contributed by atoms with van der Waals surface area (Å²) in [5, 5.41) is 2.93. The van der Waals surface area contributed by atoms with Gasteiger partial charge in [-0.25, -0.2) is 0 Å². The molecule has 0 radical (unpaired) electrons. The predicted octanol–water partition coefficient (Wildman–Crippen LogP) is 3.40. The smallest absolute Gasteiger partial charge is 0.229 e. The van der Waals surface area contributed by atoms with Crippen LogP contribution < -0.4 is 5.32 Å². The number of hydrogen-bond donors (Lipinski definition) is 1. The maximum absolute atomic E-state index is 12.3. The third-order valence-corrected chi connectivity index (χ3v) is 4.51. The van der Waals surface area contributed by atoms with E-state index >= 15 is 0 Å². The molecule has 0 spiro atoms. The molecule has 1 N–H and O–H groups in total. The van der Waals surface area contributed by atoms with Crippen molar-refractivity contribution in [2.24, 2.45) is 5.92 Å². The van der Waals surface area contributed by atoms with Crippen LogP contribution in [0.3, 0.4) is 0 Å². The van der Waals surface area contributed by atoms with Gasteiger partial charge in [-0.1, -0.05) is 26.0 Å². The molecule has 0 unspecified atom stereocenters. The molecule has 4 nitrogen and oxygen atoms in total. The normalized spacial score (nSPS) is 19.6. The second-order valence-electron chi connectivity index (χ2n) is 6.46. The molecular formula is C18H26N2O2. The Balaban J connectivity index is 1.96. The summed E-state index contributed by atoms with van der Waals surface area (Å²) in [4.78, 5) is 26.0. The van der Waals surface area contributed by atoms with Crippen molar-refractivity contribution in [2.45, 2.75) is 52.5 Å². The Morgan fingerprint density at radius 2 is 1.91 bits per heavy atom. The minimum Gasteiger partial charge on any atom is -0.339 e. The van der Waals surface area contributed by atoms with Crippen molar-refractivity contribution in [1.29, 1.82) is 0 Å². The Morgan fingerprint density at radius 3 is 2.41 bits per heavy atom. The first kappa shape index (κ1) is 16.5. The summed E-state index contributed by atoms with van der Waals surface area (Å²) in [6.07, 6.45) is 1.41. The van der Waals surface area contributed by atoms with Gasteiger partial charge in [0.05, 0.1) is 5.92 Å². The van der Waals surface area contributed by atoms with Gasteiger partial charge in [0.15, 0.2) is 0 Å². The van der Waals surface area contributed by atoms with Crippen LogP contribution in [0.2, 0.25) is 0 Å². The average molecular weight is 302 g/mol. The molecule has 1 aliphatic heterocycles. The summed E-state index contributed by atoms with van der Waals surface area (Å²) < 4.78 is 0. The Morgan fingerprint density at radius 1 is 1.27 bits per heavy atom. The van der Waals surface area contributed by atoms with E-state index < -0.39 is 0 Å². The molecule has 120 valence electrons. The maximum Gasteiger partial charge on any atom is 0.229 e. The quantitative estimate of drug-likeness (QED) is 0.906. The summed E-state index contributed by atoms with van der Waals surface area (Å²) in [6, 6.07) is 8.15. The fraction of sp³-hybridized carbons (Fsp3) is 0.556. The van der Waals surface area contributed by atoms with Crippen molar-refractivity contribution in [2.75, 3.05) is 11.9 Å². The third kappa shape index (κ3) is 3.67. The monoisotopic (exact) mass is 302 g/mol. The number of carbonyl (C=O) groups is 2. The highest BCUT2D eigenvalue weighted by Crippen LogP contribution is 2.23. The number of amides is 2. The highest BCUT2D eigenvalue weighted by molar-refractivity contribution is 5.97. The van der Waals surface area contributed by atoms with Crippen LogP contribution in [0.4, 0.5) is 5.69 Å². The lowest BCUT2D eigenvalue weighted by Crippen LogP contribution is -2.33. The molecular weight excluding hydrogens is 276 g/mol. The van der Waals surface area contributed by atoms with Crippen molar-refractivity contribution >= 4 is 17.5 Å². The van der Waals surface area contributed by atoms with Crippen LogP contribution in [-0.2, 0) is 9.59 Å². The molecule has 0 saturated carbocycles. The lowest BCUT2D eigenvalue weighted by Gasteiger charge is -2.20. The Labute approximate surface area is 132 Å². The first-order valence-corrected chi connectivity index (χ1v) is 8.12. The van der Waals surface area contributed by atoms with Crippen LogP contribution in [0.25, 0.3) is 0 Å². The lowest BCUT2D eigenvalue weighted by molar-refractivity contribution is -0.129. The van der Waals surface area contributed by atoms with Crippen LogP contribution >= 0.6 is 0 Å². The molecule has 1 heterocycles. The minimum atomic E-state index is -0.246. The van der Waals surface area contributed by atoms with Crippen LogP contribution in [0.15, 0.2) is 24.3 Å². The first-order chi connectivity index (χ1) is 10.4. The molecule has 0 aromatic heterocycles. The predicted molar refractivity (Wildman–Crippen MR) is 88.7 cm³/mol. The van der Waals surface area contributed by atoms with Gasteiger partial charge < -0.3 is 10.2 Å². The van der Waals surface area contributed by atoms with E-state index in [1.54, 1.807) is 4.90 Å². The summed E-state index contributed by atoms with van der Waals surface area (Å²) in [5.74, 6) is 0.288. The summed E-state index contributed by atoms with van der Waals surface area (Å²) in [7, 11) is 0. The molecule has 1 fully saturated rings. The molecule has 0 aliphatic carbocycles. The zero-order valence-corrected chi connectivity index (χ0v) is 13.9. The molecule has 2 amide bonds. The third-order valence-electron chi connectivity index (χ3n) is 4.51. The Hall–Kier alpha value is -1.84. The maximum atomic E-state index is 12.3. The van der Waals surface area contributed by atoms with Gasteiger partial charge in [-0.05, 0) is 43.9 Å². The molecule has 22 heavy (non-hydrogen) atoms. The molecule has 2 atom stereocenters.